The van der Waals surface area contributed by atoms with E-state index < -0.39 is 0 Å². The maximum Gasteiger partial charge on any atom is 0.277 e. The molecule has 4 rings (SSSR count). The van der Waals surface area contributed by atoms with Crippen LogP contribution >= 0.6 is 0 Å². The van der Waals surface area contributed by atoms with Crippen LogP contribution < -0.4 is 5.32 Å². The smallest absolute Gasteiger partial charge is 0.277 e. The van der Waals surface area contributed by atoms with Crippen molar-refractivity contribution in [3.8, 4) is 0 Å². The van der Waals surface area contributed by atoms with E-state index >= 15 is 0 Å². The van der Waals surface area contributed by atoms with Crippen molar-refractivity contribution in [1.82, 2.24) is 14.8 Å². The average molecular weight is 405 g/mol. The van der Waals surface area contributed by atoms with Crippen LogP contribution in [0, 0.1) is 13.8 Å². The third-order valence-electron chi connectivity index (χ3n) is 5.50. The van der Waals surface area contributed by atoms with Crippen LogP contribution in [0.15, 0.2) is 59.2 Å². The number of oxazole rings is 1. The summed E-state index contributed by atoms with van der Waals surface area (Å²) in [6, 6.07) is 16.5. The highest BCUT2D eigenvalue weighted by atomic mass is 16.3. The SMILES string of the molecule is Cc1ccc(C)c(NC(=O)c2coc(CN3CCN(Cc4ccccc4)CC3)n2)c1. The van der Waals surface area contributed by atoms with Gasteiger partial charge >= 0.3 is 0 Å². The van der Waals surface area contributed by atoms with E-state index in [1.54, 1.807) is 0 Å². The first-order valence-electron chi connectivity index (χ1n) is 10.4. The molecule has 0 spiro atoms. The zero-order valence-electron chi connectivity index (χ0n) is 17.6. The standard InChI is InChI=1S/C24H28N4O2/c1-18-8-9-19(2)21(14-18)26-24(29)22-17-30-23(25-22)16-28-12-10-27(11-13-28)15-20-6-4-3-5-7-20/h3-9,14,17H,10-13,15-16H2,1-2H3,(H,26,29). The molecule has 1 amide bonds. The molecular formula is C24H28N4O2. The Labute approximate surface area is 177 Å². The lowest BCUT2D eigenvalue weighted by Crippen LogP contribution is -2.45. The summed E-state index contributed by atoms with van der Waals surface area (Å²) in [5.41, 5.74) is 4.58. The van der Waals surface area contributed by atoms with Crippen molar-refractivity contribution in [2.24, 2.45) is 0 Å². The van der Waals surface area contributed by atoms with Gasteiger partial charge in [0.05, 0.1) is 6.54 Å². The Kier molecular flexibility index (Phi) is 6.26. The number of nitrogens with zero attached hydrogens (tertiary/aromatic N) is 3. The molecule has 3 aromatic rings. The second-order valence-corrected chi connectivity index (χ2v) is 7.94. The highest BCUT2D eigenvalue weighted by Gasteiger charge is 2.20. The van der Waals surface area contributed by atoms with Crippen LogP contribution in [0.3, 0.4) is 0 Å². The van der Waals surface area contributed by atoms with E-state index in [1.165, 1.54) is 11.8 Å². The highest BCUT2D eigenvalue weighted by Crippen LogP contribution is 2.18. The Hall–Kier alpha value is -2.96. The Bertz CT molecular complexity index is 991. The predicted molar refractivity (Wildman–Crippen MR) is 117 cm³/mol. The minimum absolute atomic E-state index is 0.244. The van der Waals surface area contributed by atoms with Crippen LogP contribution in [0.4, 0.5) is 5.69 Å². The van der Waals surface area contributed by atoms with Crippen LogP contribution in [0.25, 0.3) is 0 Å². The lowest BCUT2D eigenvalue weighted by atomic mass is 10.1. The van der Waals surface area contributed by atoms with E-state index in [2.05, 4.69) is 44.4 Å². The van der Waals surface area contributed by atoms with E-state index in [-0.39, 0.29) is 5.91 Å². The van der Waals surface area contributed by atoms with E-state index in [9.17, 15) is 4.79 Å². The molecule has 1 aliphatic rings. The van der Waals surface area contributed by atoms with Gasteiger partial charge in [-0.2, -0.15) is 0 Å². The van der Waals surface area contributed by atoms with Crippen molar-refractivity contribution in [2.75, 3.05) is 31.5 Å². The number of piperazine rings is 1. The van der Waals surface area contributed by atoms with Gasteiger partial charge in [0.25, 0.3) is 5.91 Å². The van der Waals surface area contributed by atoms with Gasteiger partial charge in [0, 0.05) is 38.4 Å². The number of carbonyl (C=O) groups is 1. The van der Waals surface area contributed by atoms with E-state index in [0.717, 1.165) is 49.5 Å². The van der Waals surface area contributed by atoms with Gasteiger partial charge in [0.2, 0.25) is 5.89 Å². The van der Waals surface area contributed by atoms with Gasteiger partial charge in [-0.05, 0) is 36.6 Å². The molecule has 2 heterocycles. The molecule has 30 heavy (non-hydrogen) atoms. The Morgan fingerprint density at radius 2 is 1.70 bits per heavy atom. The number of aromatic nitrogens is 1. The summed E-state index contributed by atoms with van der Waals surface area (Å²) in [5.74, 6) is 0.337. The molecule has 6 nitrogen and oxygen atoms in total. The number of hydrogen-bond acceptors (Lipinski definition) is 5. The first-order valence-corrected chi connectivity index (χ1v) is 10.4. The van der Waals surface area contributed by atoms with Crippen molar-refractivity contribution in [3.05, 3.63) is 83.1 Å². The van der Waals surface area contributed by atoms with Crippen LogP contribution in [0.2, 0.25) is 0 Å². The van der Waals surface area contributed by atoms with Crippen LogP contribution in [0.1, 0.15) is 33.1 Å². The van der Waals surface area contributed by atoms with Crippen LogP contribution in [-0.4, -0.2) is 46.9 Å². The number of nitrogens with one attached hydrogen (secondary N) is 1. The first kappa shape index (κ1) is 20.3. The summed E-state index contributed by atoms with van der Waals surface area (Å²) in [5, 5.41) is 2.93. The zero-order chi connectivity index (χ0) is 20.9. The molecule has 1 aliphatic heterocycles. The van der Waals surface area contributed by atoms with Gasteiger partial charge < -0.3 is 9.73 Å². The molecule has 1 saturated heterocycles. The fourth-order valence-electron chi connectivity index (χ4n) is 3.68. The predicted octanol–water partition coefficient (Wildman–Crippen LogP) is 3.86. The molecule has 0 atom stereocenters. The zero-order valence-corrected chi connectivity index (χ0v) is 17.6. The molecule has 156 valence electrons. The van der Waals surface area contributed by atoms with Crippen molar-refractivity contribution in [2.45, 2.75) is 26.9 Å². The van der Waals surface area contributed by atoms with Gasteiger partial charge in [-0.1, -0.05) is 42.5 Å². The van der Waals surface area contributed by atoms with E-state index in [4.69, 9.17) is 4.42 Å². The number of carbonyl (C=O) groups excluding carboxylic acids is 1. The molecule has 1 fully saturated rings. The van der Waals surface area contributed by atoms with E-state index in [0.29, 0.717) is 18.1 Å². The third kappa shape index (κ3) is 5.14. The topological polar surface area (TPSA) is 61.6 Å². The number of aryl methyl sites for hydroxylation is 2. The monoisotopic (exact) mass is 404 g/mol. The minimum Gasteiger partial charge on any atom is -0.447 e. The fourth-order valence-corrected chi connectivity index (χ4v) is 3.68. The Morgan fingerprint density at radius 1 is 1.00 bits per heavy atom. The summed E-state index contributed by atoms with van der Waals surface area (Å²) >= 11 is 0. The molecule has 6 heteroatoms. The summed E-state index contributed by atoms with van der Waals surface area (Å²) in [6.45, 7) is 9.51. The maximum absolute atomic E-state index is 12.5. The van der Waals surface area contributed by atoms with E-state index in [1.807, 2.05) is 38.1 Å². The summed E-state index contributed by atoms with van der Waals surface area (Å²) in [7, 11) is 0. The molecule has 0 bridgehead atoms. The lowest BCUT2D eigenvalue weighted by Gasteiger charge is -2.34. The summed E-state index contributed by atoms with van der Waals surface area (Å²) in [4.78, 5) is 21.7. The number of amides is 1. The van der Waals surface area contributed by atoms with Gasteiger partial charge in [0.1, 0.15) is 6.26 Å². The van der Waals surface area contributed by atoms with Crippen molar-refractivity contribution in [1.29, 1.82) is 0 Å². The normalized spacial score (nSPS) is 15.3. The molecular weight excluding hydrogens is 376 g/mol. The van der Waals surface area contributed by atoms with Crippen LogP contribution in [0.5, 0.6) is 0 Å². The molecule has 0 aliphatic carbocycles. The maximum atomic E-state index is 12.5. The van der Waals surface area contributed by atoms with Crippen molar-refractivity contribution >= 4 is 11.6 Å². The Morgan fingerprint density at radius 3 is 2.43 bits per heavy atom. The van der Waals surface area contributed by atoms with Gasteiger partial charge in [-0.15, -0.1) is 0 Å². The largest absolute Gasteiger partial charge is 0.447 e. The lowest BCUT2D eigenvalue weighted by molar-refractivity contribution is 0.102. The number of anilines is 1. The number of hydrogen-bond donors (Lipinski definition) is 1. The molecule has 2 aromatic carbocycles. The Balaban J connectivity index is 1.28. The summed E-state index contributed by atoms with van der Waals surface area (Å²) in [6.07, 6.45) is 1.45. The van der Waals surface area contributed by atoms with Crippen molar-refractivity contribution < 1.29 is 9.21 Å². The second kappa shape index (κ2) is 9.24. The summed E-state index contributed by atoms with van der Waals surface area (Å²) < 4.78 is 5.58. The molecule has 0 saturated carbocycles. The quantitative estimate of drug-likeness (QED) is 0.676. The molecule has 0 radical (unpaired) electrons. The van der Waals surface area contributed by atoms with Crippen LogP contribution in [-0.2, 0) is 13.1 Å². The molecule has 1 aromatic heterocycles. The van der Waals surface area contributed by atoms with Gasteiger partial charge in [-0.3, -0.25) is 14.6 Å². The second-order valence-electron chi connectivity index (χ2n) is 7.94. The van der Waals surface area contributed by atoms with Gasteiger partial charge in [-0.25, -0.2) is 4.98 Å². The fraction of sp³-hybridized carbons (Fsp3) is 0.333. The highest BCUT2D eigenvalue weighted by molar-refractivity contribution is 6.03. The van der Waals surface area contributed by atoms with Gasteiger partial charge in [0.15, 0.2) is 5.69 Å². The average Bonchev–Trinajstić information content (AvgIpc) is 3.22. The number of rotatable bonds is 6. The number of benzene rings is 2. The first-order chi connectivity index (χ1) is 14.6. The van der Waals surface area contributed by atoms with Crippen molar-refractivity contribution in [3.63, 3.8) is 0 Å². The molecule has 1 N–H and O–H groups in total. The molecule has 0 unspecified atom stereocenters. The third-order valence-corrected chi connectivity index (χ3v) is 5.50. The minimum atomic E-state index is -0.244.